The van der Waals surface area contributed by atoms with Crippen molar-refractivity contribution in [1.29, 1.82) is 0 Å². The van der Waals surface area contributed by atoms with Crippen molar-refractivity contribution >= 4 is 29.4 Å². The molecule has 0 unspecified atom stereocenters. The molecule has 9 heteroatoms. The number of amides is 5. The molecule has 0 bridgehead atoms. The quantitative estimate of drug-likeness (QED) is 0.508. The predicted octanol–water partition coefficient (Wildman–Crippen LogP) is 1.66. The second kappa shape index (κ2) is 8.64. The third-order valence-electron chi connectivity index (χ3n) is 4.70. The molecule has 0 aliphatic carbocycles. The highest BCUT2D eigenvalue weighted by Gasteiger charge is 2.46. The number of benzene rings is 2. The van der Waals surface area contributed by atoms with Crippen molar-refractivity contribution in [1.82, 2.24) is 9.80 Å². The number of anilines is 1. The maximum atomic E-state index is 12.7. The lowest BCUT2D eigenvalue weighted by molar-refractivity contribution is -0.142. The number of hydrogen-bond donors (Lipinski definition) is 0. The molecule has 0 atom stereocenters. The summed E-state index contributed by atoms with van der Waals surface area (Å²) in [5, 5.41) is 0. The largest absolute Gasteiger partial charge is 0.497 e. The van der Waals surface area contributed by atoms with Gasteiger partial charge in [-0.15, -0.1) is 0 Å². The Morgan fingerprint density at radius 1 is 0.933 bits per heavy atom. The number of imide groups is 2. The Kier molecular flexibility index (Phi) is 6.01. The van der Waals surface area contributed by atoms with Crippen molar-refractivity contribution in [3.8, 4) is 11.5 Å². The number of para-hydroxylation sites is 1. The van der Waals surface area contributed by atoms with E-state index in [4.69, 9.17) is 9.47 Å². The van der Waals surface area contributed by atoms with Crippen LogP contribution in [0.1, 0.15) is 5.56 Å². The summed E-state index contributed by atoms with van der Waals surface area (Å²) < 4.78 is 10.3. The van der Waals surface area contributed by atoms with E-state index in [2.05, 4.69) is 0 Å². The summed E-state index contributed by atoms with van der Waals surface area (Å²) in [4.78, 5) is 52.7. The molecule has 9 nitrogen and oxygen atoms in total. The van der Waals surface area contributed by atoms with Crippen LogP contribution in [0.5, 0.6) is 11.5 Å². The van der Waals surface area contributed by atoms with Gasteiger partial charge in [0.15, 0.2) is 0 Å². The van der Waals surface area contributed by atoms with E-state index >= 15 is 0 Å². The second-order valence-electron chi connectivity index (χ2n) is 6.57. The van der Waals surface area contributed by atoms with Gasteiger partial charge >= 0.3 is 17.8 Å². The Hall–Kier alpha value is -3.88. The first-order valence-corrected chi connectivity index (χ1v) is 9.07. The molecule has 3 rings (SSSR count). The number of hydrogen-bond acceptors (Lipinski definition) is 6. The van der Waals surface area contributed by atoms with E-state index in [1.165, 1.54) is 31.3 Å². The van der Waals surface area contributed by atoms with Crippen LogP contribution >= 0.6 is 0 Å². The van der Waals surface area contributed by atoms with E-state index in [0.717, 1.165) is 10.5 Å². The number of rotatable bonds is 7. The van der Waals surface area contributed by atoms with Crippen molar-refractivity contribution in [3.05, 3.63) is 54.1 Å². The number of likely N-dealkylation sites (N-methyl/N-ethyl adjacent to an activating group) is 1. The van der Waals surface area contributed by atoms with Crippen molar-refractivity contribution in [2.24, 2.45) is 0 Å². The van der Waals surface area contributed by atoms with Gasteiger partial charge in [0.25, 0.3) is 0 Å². The number of carbonyl (C=O) groups excluding carboxylic acids is 4. The van der Waals surface area contributed by atoms with Crippen LogP contribution in [0.15, 0.2) is 48.5 Å². The minimum absolute atomic E-state index is 0.217. The first kappa shape index (κ1) is 20.8. The summed E-state index contributed by atoms with van der Waals surface area (Å²) in [5.41, 5.74) is 0.988. The van der Waals surface area contributed by atoms with Crippen LogP contribution in [0.2, 0.25) is 0 Å². The normalized spacial score (nSPS) is 13.6. The van der Waals surface area contributed by atoms with Crippen LogP contribution in [0.3, 0.4) is 0 Å². The summed E-state index contributed by atoms with van der Waals surface area (Å²) >= 11 is 0. The van der Waals surface area contributed by atoms with Crippen LogP contribution in [0, 0.1) is 0 Å². The van der Waals surface area contributed by atoms with Crippen LogP contribution < -0.4 is 14.4 Å². The smallest absolute Gasteiger partial charge is 0.339 e. The standard InChI is InChI=1S/C21H21N3O6/c1-22(12-14-6-4-5-7-17(14)30-3)18(25)13-23-19(26)20(27)24(21(23)28)15-8-10-16(29-2)11-9-15/h4-11H,12-13H2,1-3H3. The molecule has 2 aromatic rings. The fourth-order valence-electron chi connectivity index (χ4n) is 3.04. The van der Waals surface area contributed by atoms with E-state index in [-0.39, 0.29) is 12.2 Å². The number of ether oxygens (including phenoxy) is 2. The first-order chi connectivity index (χ1) is 14.4. The maximum absolute atomic E-state index is 12.7. The lowest BCUT2D eigenvalue weighted by atomic mass is 10.2. The van der Waals surface area contributed by atoms with Gasteiger partial charge in [0, 0.05) is 19.2 Å². The molecule has 1 saturated heterocycles. The molecule has 30 heavy (non-hydrogen) atoms. The van der Waals surface area contributed by atoms with Gasteiger partial charge in [0.05, 0.1) is 19.9 Å². The number of methoxy groups -OCH3 is 2. The van der Waals surface area contributed by atoms with Gasteiger partial charge in [0.2, 0.25) is 5.91 Å². The predicted molar refractivity (Wildman–Crippen MR) is 107 cm³/mol. The molecule has 1 aliphatic rings. The Labute approximate surface area is 173 Å². The number of nitrogens with zero attached hydrogens (tertiary/aromatic N) is 3. The number of carbonyl (C=O) groups is 4. The average Bonchev–Trinajstić information content (AvgIpc) is 2.97. The molecule has 0 radical (unpaired) electrons. The monoisotopic (exact) mass is 411 g/mol. The van der Waals surface area contributed by atoms with Crippen LogP contribution in [-0.2, 0) is 20.9 Å². The topological polar surface area (TPSA) is 96.5 Å². The molecule has 0 spiro atoms. The molecule has 0 N–H and O–H groups in total. The van der Waals surface area contributed by atoms with Gasteiger partial charge < -0.3 is 14.4 Å². The second-order valence-corrected chi connectivity index (χ2v) is 6.57. The minimum atomic E-state index is -1.05. The fourth-order valence-corrected chi connectivity index (χ4v) is 3.04. The fraction of sp³-hybridized carbons (Fsp3) is 0.238. The summed E-state index contributed by atoms with van der Waals surface area (Å²) in [6, 6.07) is 12.4. The average molecular weight is 411 g/mol. The Morgan fingerprint density at radius 2 is 1.60 bits per heavy atom. The first-order valence-electron chi connectivity index (χ1n) is 9.07. The molecule has 1 aliphatic heterocycles. The maximum Gasteiger partial charge on any atom is 0.339 e. The molecule has 0 saturated carbocycles. The zero-order chi connectivity index (χ0) is 21.8. The zero-order valence-electron chi connectivity index (χ0n) is 16.8. The third kappa shape index (κ3) is 3.95. The van der Waals surface area contributed by atoms with Gasteiger partial charge in [-0.05, 0) is 30.3 Å². The van der Waals surface area contributed by atoms with Gasteiger partial charge in [-0.3, -0.25) is 14.4 Å². The van der Waals surface area contributed by atoms with E-state index in [0.29, 0.717) is 16.4 Å². The van der Waals surface area contributed by atoms with E-state index in [1.54, 1.807) is 25.2 Å². The summed E-state index contributed by atoms with van der Waals surface area (Å²) in [6.45, 7) is -0.323. The van der Waals surface area contributed by atoms with E-state index in [1.807, 2.05) is 18.2 Å². The molecule has 156 valence electrons. The molecule has 5 amide bonds. The van der Waals surface area contributed by atoms with Gasteiger partial charge in [-0.2, -0.15) is 0 Å². The lowest BCUT2D eigenvalue weighted by Gasteiger charge is -2.21. The zero-order valence-corrected chi connectivity index (χ0v) is 16.8. The van der Waals surface area contributed by atoms with Crippen molar-refractivity contribution < 1.29 is 28.7 Å². The molecule has 1 heterocycles. The van der Waals surface area contributed by atoms with Gasteiger partial charge in [-0.25, -0.2) is 14.6 Å². The summed E-state index contributed by atoms with van der Waals surface area (Å²) in [7, 11) is 4.56. The lowest BCUT2D eigenvalue weighted by Crippen LogP contribution is -2.42. The highest BCUT2D eigenvalue weighted by molar-refractivity contribution is 6.53. The number of urea groups is 1. The Morgan fingerprint density at radius 3 is 2.23 bits per heavy atom. The van der Waals surface area contributed by atoms with Crippen LogP contribution in [0.25, 0.3) is 0 Å². The van der Waals surface area contributed by atoms with Crippen LogP contribution in [0.4, 0.5) is 10.5 Å². The Balaban J connectivity index is 1.72. The molecule has 2 aromatic carbocycles. The van der Waals surface area contributed by atoms with Crippen molar-refractivity contribution in [2.75, 3.05) is 32.7 Å². The van der Waals surface area contributed by atoms with Crippen molar-refractivity contribution in [2.45, 2.75) is 6.54 Å². The minimum Gasteiger partial charge on any atom is -0.497 e. The molecule has 1 fully saturated rings. The van der Waals surface area contributed by atoms with Gasteiger partial charge in [-0.1, -0.05) is 18.2 Å². The highest BCUT2D eigenvalue weighted by Crippen LogP contribution is 2.25. The van der Waals surface area contributed by atoms with Gasteiger partial charge in [0.1, 0.15) is 18.0 Å². The summed E-state index contributed by atoms with van der Waals surface area (Å²) in [6.07, 6.45) is 0. The van der Waals surface area contributed by atoms with E-state index < -0.39 is 30.3 Å². The SMILES string of the molecule is COc1ccc(N2C(=O)C(=O)N(CC(=O)N(C)Cc3ccccc3OC)C2=O)cc1. The third-order valence-corrected chi connectivity index (χ3v) is 4.70. The molecular weight excluding hydrogens is 390 g/mol. The molecule has 0 aromatic heterocycles. The Bertz CT molecular complexity index is 988. The summed E-state index contributed by atoms with van der Waals surface area (Å²) in [5.74, 6) is -1.40. The van der Waals surface area contributed by atoms with Crippen LogP contribution in [-0.4, -0.2) is 61.4 Å². The highest BCUT2D eigenvalue weighted by atomic mass is 16.5. The van der Waals surface area contributed by atoms with E-state index in [9.17, 15) is 19.2 Å². The van der Waals surface area contributed by atoms with Crippen molar-refractivity contribution in [3.63, 3.8) is 0 Å². The molecular formula is C21H21N3O6.